The SMILES string of the molecule is Cc1ccc(NC2CCc3cc(Br)ccc3C2)cc1C. The molecule has 1 atom stereocenters. The Morgan fingerprint density at radius 1 is 1.00 bits per heavy atom. The molecule has 0 amide bonds. The molecule has 1 aliphatic carbocycles. The van der Waals surface area contributed by atoms with E-state index in [4.69, 9.17) is 0 Å². The van der Waals surface area contributed by atoms with Gasteiger partial charge in [-0.2, -0.15) is 0 Å². The smallest absolute Gasteiger partial charge is 0.0345 e. The van der Waals surface area contributed by atoms with Gasteiger partial charge in [0.2, 0.25) is 0 Å². The fourth-order valence-electron chi connectivity index (χ4n) is 2.91. The van der Waals surface area contributed by atoms with Crippen molar-refractivity contribution >= 4 is 21.6 Å². The first-order valence-electron chi connectivity index (χ1n) is 7.23. The second kappa shape index (κ2) is 5.61. The van der Waals surface area contributed by atoms with Crippen LogP contribution in [-0.4, -0.2) is 6.04 Å². The Labute approximate surface area is 129 Å². The van der Waals surface area contributed by atoms with Crippen molar-refractivity contribution in [3.8, 4) is 0 Å². The molecule has 1 nitrogen and oxygen atoms in total. The molecule has 2 aromatic carbocycles. The van der Waals surface area contributed by atoms with Crippen LogP contribution in [0.5, 0.6) is 0 Å². The van der Waals surface area contributed by atoms with Gasteiger partial charge in [0, 0.05) is 16.2 Å². The fraction of sp³-hybridized carbons (Fsp3) is 0.333. The summed E-state index contributed by atoms with van der Waals surface area (Å²) < 4.78 is 1.19. The summed E-state index contributed by atoms with van der Waals surface area (Å²) in [6.07, 6.45) is 3.49. The maximum absolute atomic E-state index is 3.69. The van der Waals surface area contributed by atoms with E-state index in [1.165, 1.54) is 38.8 Å². The number of hydrogen-bond donors (Lipinski definition) is 1. The minimum Gasteiger partial charge on any atom is -0.382 e. The molecule has 0 saturated carbocycles. The van der Waals surface area contributed by atoms with E-state index in [0.717, 1.165) is 12.8 Å². The van der Waals surface area contributed by atoms with Gasteiger partial charge in [-0.25, -0.2) is 0 Å². The number of aryl methyl sites for hydroxylation is 3. The number of nitrogens with one attached hydrogen (secondary N) is 1. The number of halogens is 1. The summed E-state index contributed by atoms with van der Waals surface area (Å²) in [6.45, 7) is 4.34. The minimum atomic E-state index is 0.547. The van der Waals surface area contributed by atoms with Gasteiger partial charge in [0.1, 0.15) is 0 Å². The van der Waals surface area contributed by atoms with E-state index in [1.54, 1.807) is 0 Å². The zero-order valence-corrected chi connectivity index (χ0v) is 13.6. The molecular formula is C18H20BrN. The molecule has 0 aromatic heterocycles. The van der Waals surface area contributed by atoms with Crippen LogP contribution in [0.3, 0.4) is 0 Å². The van der Waals surface area contributed by atoms with Crippen LogP contribution in [0, 0.1) is 13.8 Å². The number of fused-ring (bicyclic) bond motifs is 1. The summed E-state index contributed by atoms with van der Waals surface area (Å²) in [5.74, 6) is 0. The van der Waals surface area contributed by atoms with Crippen molar-refractivity contribution in [3.63, 3.8) is 0 Å². The molecule has 0 saturated heterocycles. The van der Waals surface area contributed by atoms with E-state index in [9.17, 15) is 0 Å². The third-order valence-corrected chi connectivity index (χ3v) is 4.77. The molecule has 0 fully saturated rings. The van der Waals surface area contributed by atoms with Crippen LogP contribution in [0.15, 0.2) is 40.9 Å². The Hall–Kier alpha value is -1.28. The standard InChI is InChI=1S/C18H20BrN/c1-12-3-7-17(9-13(12)2)20-18-8-5-14-10-16(19)6-4-15(14)11-18/h3-4,6-7,9-10,18,20H,5,8,11H2,1-2H3. The summed E-state index contributed by atoms with van der Waals surface area (Å²) in [7, 11) is 0. The largest absolute Gasteiger partial charge is 0.382 e. The minimum absolute atomic E-state index is 0.547. The normalized spacial score (nSPS) is 17.6. The lowest BCUT2D eigenvalue weighted by molar-refractivity contribution is 0.610. The van der Waals surface area contributed by atoms with E-state index in [-0.39, 0.29) is 0 Å². The zero-order valence-electron chi connectivity index (χ0n) is 12.0. The van der Waals surface area contributed by atoms with Gasteiger partial charge in [-0.3, -0.25) is 0 Å². The number of benzene rings is 2. The molecule has 3 rings (SSSR count). The third kappa shape index (κ3) is 2.90. The Morgan fingerprint density at radius 2 is 1.85 bits per heavy atom. The Bertz CT molecular complexity index is 633. The van der Waals surface area contributed by atoms with Gasteiger partial charge in [-0.15, -0.1) is 0 Å². The van der Waals surface area contributed by atoms with Gasteiger partial charge in [0.05, 0.1) is 0 Å². The van der Waals surface area contributed by atoms with E-state index in [2.05, 4.69) is 71.5 Å². The molecular weight excluding hydrogens is 310 g/mol. The van der Waals surface area contributed by atoms with Crippen molar-refractivity contribution in [1.82, 2.24) is 0 Å². The lowest BCUT2D eigenvalue weighted by Crippen LogP contribution is -2.27. The van der Waals surface area contributed by atoms with Gasteiger partial charge >= 0.3 is 0 Å². The van der Waals surface area contributed by atoms with E-state index in [1.807, 2.05) is 0 Å². The Kier molecular flexibility index (Phi) is 3.84. The monoisotopic (exact) mass is 329 g/mol. The van der Waals surface area contributed by atoms with Crippen LogP contribution < -0.4 is 5.32 Å². The molecule has 20 heavy (non-hydrogen) atoms. The quantitative estimate of drug-likeness (QED) is 0.814. The number of rotatable bonds is 2. The zero-order chi connectivity index (χ0) is 14.1. The van der Waals surface area contributed by atoms with Gasteiger partial charge in [-0.1, -0.05) is 28.1 Å². The molecule has 2 heteroatoms. The number of anilines is 1. The molecule has 1 unspecified atom stereocenters. The molecule has 1 N–H and O–H groups in total. The van der Waals surface area contributed by atoms with E-state index >= 15 is 0 Å². The van der Waals surface area contributed by atoms with Crippen LogP contribution in [0.4, 0.5) is 5.69 Å². The molecule has 0 heterocycles. The molecule has 2 aromatic rings. The highest BCUT2D eigenvalue weighted by Crippen LogP contribution is 2.27. The first-order chi connectivity index (χ1) is 9.61. The highest BCUT2D eigenvalue weighted by molar-refractivity contribution is 9.10. The summed E-state index contributed by atoms with van der Waals surface area (Å²) in [5.41, 5.74) is 6.95. The fourth-order valence-corrected chi connectivity index (χ4v) is 3.32. The predicted molar refractivity (Wildman–Crippen MR) is 89.5 cm³/mol. The topological polar surface area (TPSA) is 12.0 Å². The lowest BCUT2D eigenvalue weighted by Gasteiger charge is -2.27. The predicted octanol–water partition coefficient (Wildman–Crippen LogP) is 5.04. The van der Waals surface area contributed by atoms with Crippen molar-refractivity contribution in [2.75, 3.05) is 5.32 Å². The van der Waals surface area contributed by atoms with Crippen molar-refractivity contribution in [3.05, 3.63) is 63.1 Å². The Morgan fingerprint density at radius 3 is 2.65 bits per heavy atom. The van der Waals surface area contributed by atoms with E-state index in [0.29, 0.717) is 6.04 Å². The third-order valence-electron chi connectivity index (χ3n) is 4.27. The second-order valence-electron chi connectivity index (χ2n) is 5.80. The van der Waals surface area contributed by atoms with E-state index < -0.39 is 0 Å². The second-order valence-corrected chi connectivity index (χ2v) is 6.71. The maximum atomic E-state index is 3.69. The van der Waals surface area contributed by atoms with Crippen molar-refractivity contribution in [2.24, 2.45) is 0 Å². The van der Waals surface area contributed by atoms with Crippen molar-refractivity contribution in [1.29, 1.82) is 0 Å². The van der Waals surface area contributed by atoms with Gasteiger partial charge in [0.25, 0.3) is 0 Å². The summed E-state index contributed by atoms with van der Waals surface area (Å²) in [5, 5.41) is 3.69. The summed E-state index contributed by atoms with van der Waals surface area (Å²) >= 11 is 3.56. The maximum Gasteiger partial charge on any atom is 0.0345 e. The van der Waals surface area contributed by atoms with Gasteiger partial charge < -0.3 is 5.32 Å². The molecule has 0 radical (unpaired) electrons. The van der Waals surface area contributed by atoms with Crippen LogP contribution in [-0.2, 0) is 12.8 Å². The van der Waals surface area contributed by atoms with Crippen LogP contribution in [0.2, 0.25) is 0 Å². The molecule has 1 aliphatic rings. The van der Waals surface area contributed by atoms with Gasteiger partial charge in [0.15, 0.2) is 0 Å². The highest BCUT2D eigenvalue weighted by Gasteiger charge is 2.18. The highest BCUT2D eigenvalue weighted by atomic mass is 79.9. The van der Waals surface area contributed by atoms with Crippen molar-refractivity contribution in [2.45, 2.75) is 39.2 Å². The average Bonchev–Trinajstić information content (AvgIpc) is 2.43. The Balaban J connectivity index is 1.74. The average molecular weight is 330 g/mol. The molecule has 104 valence electrons. The lowest BCUT2D eigenvalue weighted by atomic mass is 9.88. The van der Waals surface area contributed by atoms with Gasteiger partial charge in [-0.05, 0) is 79.6 Å². The molecule has 0 spiro atoms. The summed E-state index contributed by atoms with van der Waals surface area (Å²) in [6, 6.07) is 13.9. The molecule has 0 aliphatic heterocycles. The molecule has 0 bridgehead atoms. The number of hydrogen-bond acceptors (Lipinski definition) is 1. The summed E-state index contributed by atoms with van der Waals surface area (Å²) in [4.78, 5) is 0. The van der Waals surface area contributed by atoms with Crippen molar-refractivity contribution < 1.29 is 0 Å². The van der Waals surface area contributed by atoms with Crippen LogP contribution >= 0.6 is 15.9 Å². The van der Waals surface area contributed by atoms with Crippen LogP contribution in [0.1, 0.15) is 28.7 Å². The first kappa shape index (κ1) is 13.7. The first-order valence-corrected chi connectivity index (χ1v) is 8.02. The van der Waals surface area contributed by atoms with Crippen LogP contribution in [0.25, 0.3) is 0 Å².